The maximum absolute atomic E-state index is 14.7. The molecule has 1 aliphatic heterocycles. The number of carbonyl (C=O) groups excluding carboxylic acids is 1. The fourth-order valence-corrected chi connectivity index (χ4v) is 7.56. The Balaban J connectivity index is 1.57. The van der Waals surface area contributed by atoms with Gasteiger partial charge >= 0.3 is 0 Å². The highest BCUT2D eigenvalue weighted by molar-refractivity contribution is 6.31. The van der Waals surface area contributed by atoms with Gasteiger partial charge < -0.3 is 14.9 Å². The molecule has 41 heavy (non-hydrogen) atoms. The Morgan fingerprint density at radius 3 is 2.71 bits per heavy atom. The largest absolute Gasteiger partial charge is 0.393 e. The van der Waals surface area contributed by atoms with Crippen molar-refractivity contribution in [2.45, 2.75) is 82.8 Å². The van der Waals surface area contributed by atoms with Crippen molar-refractivity contribution in [2.24, 2.45) is 5.41 Å². The van der Waals surface area contributed by atoms with Gasteiger partial charge in [-0.2, -0.15) is 0 Å². The third kappa shape index (κ3) is 6.47. The quantitative estimate of drug-likeness (QED) is 0.320. The van der Waals surface area contributed by atoms with E-state index in [4.69, 9.17) is 16.3 Å². The van der Waals surface area contributed by atoms with Gasteiger partial charge in [-0.15, -0.1) is 0 Å². The molecular formula is C34H43ClFNO4. The number of benzene rings is 2. The van der Waals surface area contributed by atoms with E-state index in [0.29, 0.717) is 44.6 Å². The average Bonchev–Trinajstić information content (AvgIpc) is 3.19. The number of hydrogen-bond acceptors (Lipinski definition) is 5. The summed E-state index contributed by atoms with van der Waals surface area (Å²) in [7, 11) is 0. The first-order valence-corrected chi connectivity index (χ1v) is 15.4. The summed E-state index contributed by atoms with van der Waals surface area (Å²) in [5, 5.41) is 23.4. The molecule has 2 bridgehead atoms. The summed E-state index contributed by atoms with van der Waals surface area (Å²) in [6.07, 6.45) is 6.44. The predicted octanol–water partition coefficient (Wildman–Crippen LogP) is 6.28. The zero-order valence-corrected chi connectivity index (χ0v) is 25.1. The minimum absolute atomic E-state index is 0.0563. The number of nitrogens with zero attached hydrogens (tertiary/aromatic N) is 1. The second kappa shape index (κ2) is 12.6. The molecule has 2 fully saturated rings. The number of hydrogen-bond donors (Lipinski definition) is 2. The summed E-state index contributed by atoms with van der Waals surface area (Å²) in [6.45, 7) is 7.82. The number of β-amino-alcohol motifs (C(OH)–C–C–N with tert-alkyl or cyclic N) is 1. The second-order valence-electron chi connectivity index (χ2n) is 12.6. The van der Waals surface area contributed by atoms with Crippen LogP contribution >= 0.6 is 11.6 Å². The molecule has 3 aliphatic carbocycles. The van der Waals surface area contributed by atoms with E-state index in [1.807, 2.05) is 18.2 Å². The fourth-order valence-electron chi connectivity index (χ4n) is 7.33. The van der Waals surface area contributed by atoms with Crippen LogP contribution in [-0.2, 0) is 17.6 Å². The Morgan fingerprint density at radius 1 is 1.17 bits per heavy atom. The summed E-state index contributed by atoms with van der Waals surface area (Å²) < 4.78 is 20.3. The highest BCUT2D eigenvalue weighted by atomic mass is 35.5. The number of carbonyl (C=O) groups is 1. The number of aliphatic hydroxyl groups is 2. The van der Waals surface area contributed by atoms with Crippen LogP contribution in [0.3, 0.4) is 0 Å². The molecule has 1 saturated carbocycles. The van der Waals surface area contributed by atoms with Gasteiger partial charge in [-0.05, 0) is 87.1 Å². The van der Waals surface area contributed by atoms with E-state index in [1.54, 1.807) is 12.1 Å². The fraction of sp³-hybridized carbons (Fsp3) is 0.559. The topological polar surface area (TPSA) is 70.0 Å². The second-order valence-corrected chi connectivity index (χ2v) is 13.0. The molecule has 2 aromatic carbocycles. The Kier molecular flexibility index (Phi) is 9.37. The van der Waals surface area contributed by atoms with Gasteiger partial charge in [0.15, 0.2) is 5.78 Å². The Labute approximate surface area is 248 Å². The minimum atomic E-state index is -0.933. The standard InChI is InChI=1S/C34H43ClFNO4/c1-23-5-4-13-33(2)29(12-14-34(33,40)22-37-15-17-41-18-16-37)26-11-9-24(19-25(38)10-8-23)20-27(26)32(39)21-28-30(35)6-3-7-31(28)36/h3,5-7,9,11,20,25,29,38,40H,4,8,10,12-19,21-22H2,1-2H3/t25-,29-,33-,34+/m0/s1. The number of ether oxygens (including phenoxy) is 1. The van der Waals surface area contributed by atoms with Gasteiger partial charge in [0.25, 0.3) is 0 Å². The third-order valence-electron chi connectivity index (χ3n) is 9.96. The first kappa shape index (κ1) is 30.4. The van der Waals surface area contributed by atoms with Crippen LogP contribution in [-0.4, -0.2) is 65.4 Å². The molecule has 222 valence electrons. The van der Waals surface area contributed by atoms with Crippen molar-refractivity contribution >= 4 is 17.4 Å². The number of allylic oxidation sites excluding steroid dienone is 2. The molecule has 1 saturated heterocycles. The van der Waals surface area contributed by atoms with Gasteiger partial charge in [0.05, 0.1) is 24.9 Å². The van der Waals surface area contributed by atoms with Gasteiger partial charge in [0.1, 0.15) is 5.82 Å². The number of ketones is 1. The van der Waals surface area contributed by atoms with Crippen molar-refractivity contribution in [1.29, 1.82) is 0 Å². The first-order chi connectivity index (χ1) is 19.6. The molecule has 0 radical (unpaired) electrons. The summed E-state index contributed by atoms with van der Waals surface area (Å²) in [5.41, 5.74) is 2.36. The summed E-state index contributed by atoms with van der Waals surface area (Å²) in [6, 6.07) is 10.4. The normalized spacial score (nSPS) is 29.6. The maximum Gasteiger partial charge on any atom is 0.167 e. The van der Waals surface area contributed by atoms with Crippen molar-refractivity contribution in [3.8, 4) is 0 Å². The van der Waals surface area contributed by atoms with E-state index in [9.17, 15) is 19.4 Å². The lowest BCUT2D eigenvalue weighted by molar-refractivity contribution is -0.0959. The summed E-state index contributed by atoms with van der Waals surface area (Å²) in [5.74, 6) is -0.745. The number of halogens is 2. The zero-order chi connectivity index (χ0) is 29.2. The van der Waals surface area contributed by atoms with Crippen molar-refractivity contribution in [3.63, 3.8) is 0 Å². The van der Waals surface area contributed by atoms with Gasteiger partial charge in [-0.3, -0.25) is 9.69 Å². The molecule has 0 aromatic heterocycles. The van der Waals surface area contributed by atoms with Crippen LogP contribution in [0.4, 0.5) is 4.39 Å². The number of Topliss-reactive ketones (excluding diaryl/α,β-unsaturated/α-hetero) is 1. The van der Waals surface area contributed by atoms with E-state index in [2.05, 4.69) is 24.8 Å². The third-order valence-corrected chi connectivity index (χ3v) is 10.3. The van der Waals surface area contributed by atoms with Crippen LogP contribution < -0.4 is 0 Å². The molecular weight excluding hydrogens is 541 g/mol. The van der Waals surface area contributed by atoms with E-state index in [0.717, 1.165) is 49.9 Å². The Bertz CT molecular complexity index is 1270. The van der Waals surface area contributed by atoms with E-state index in [-0.39, 0.29) is 28.7 Å². The van der Waals surface area contributed by atoms with Gasteiger partial charge in [-0.1, -0.05) is 48.4 Å². The first-order valence-electron chi connectivity index (χ1n) is 15.0. The predicted molar refractivity (Wildman–Crippen MR) is 160 cm³/mol. The molecule has 7 heteroatoms. The smallest absolute Gasteiger partial charge is 0.167 e. The van der Waals surface area contributed by atoms with Crippen LogP contribution in [0.1, 0.15) is 85.3 Å². The molecule has 0 amide bonds. The Hall–Kier alpha value is -2.09. The van der Waals surface area contributed by atoms with E-state index in [1.165, 1.54) is 11.6 Å². The van der Waals surface area contributed by atoms with Crippen molar-refractivity contribution in [1.82, 2.24) is 4.90 Å². The van der Waals surface area contributed by atoms with E-state index < -0.39 is 22.9 Å². The molecule has 1 heterocycles. The molecule has 0 unspecified atom stereocenters. The Morgan fingerprint density at radius 2 is 1.95 bits per heavy atom. The lowest BCUT2D eigenvalue weighted by Gasteiger charge is -2.46. The average molecular weight is 584 g/mol. The molecule has 5 nitrogen and oxygen atoms in total. The van der Waals surface area contributed by atoms with Crippen LogP contribution in [0.25, 0.3) is 0 Å². The molecule has 0 spiro atoms. The van der Waals surface area contributed by atoms with Gasteiger partial charge in [0, 0.05) is 47.6 Å². The highest BCUT2D eigenvalue weighted by Crippen LogP contribution is 2.58. The van der Waals surface area contributed by atoms with Crippen LogP contribution in [0.5, 0.6) is 0 Å². The summed E-state index contributed by atoms with van der Waals surface area (Å²) >= 11 is 6.32. The van der Waals surface area contributed by atoms with Crippen molar-refractivity contribution in [3.05, 3.63) is 81.1 Å². The number of aliphatic hydroxyl groups excluding tert-OH is 1. The number of rotatable bonds is 5. The number of fused-ring (bicyclic) bond motifs is 8. The van der Waals surface area contributed by atoms with Crippen LogP contribution in [0.2, 0.25) is 5.02 Å². The summed E-state index contributed by atoms with van der Waals surface area (Å²) in [4.78, 5) is 16.3. The zero-order valence-electron chi connectivity index (χ0n) is 24.3. The monoisotopic (exact) mass is 583 g/mol. The van der Waals surface area contributed by atoms with Crippen molar-refractivity contribution in [2.75, 3.05) is 32.8 Å². The van der Waals surface area contributed by atoms with Gasteiger partial charge in [0.2, 0.25) is 0 Å². The van der Waals surface area contributed by atoms with E-state index >= 15 is 0 Å². The molecule has 2 N–H and O–H groups in total. The molecule has 6 rings (SSSR count). The lowest BCUT2D eigenvalue weighted by atomic mass is 9.64. The molecule has 2 aromatic rings. The highest BCUT2D eigenvalue weighted by Gasteiger charge is 2.57. The minimum Gasteiger partial charge on any atom is -0.393 e. The maximum atomic E-state index is 14.7. The number of morpholine rings is 1. The van der Waals surface area contributed by atoms with Crippen LogP contribution in [0.15, 0.2) is 48.0 Å². The van der Waals surface area contributed by atoms with Crippen molar-refractivity contribution < 1.29 is 24.1 Å². The molecule has 4 aliphatic rings. The SMILES string of the molecule is CC1=CCC[C@@]2(C)[C@@H](CC[C@@]2(O)CN2CCOCC2)c2ccc(cc2C(=O)Cc2c(F)cccc2Cl)C[C@@H](O)CC1. The molecule has 4 atom stereocenters. The van der Waals surface area contributed by atoms with Crippen LogP contribution in [0, 0.1) is 11.2 Å². The van der Waals surface area contributed by atoms with Gasteiger partial charge in [-0.25, -0.2) is 4.39 Å². The lowest BCUT2D eigenvalue weighted by Crippen LogP contribution is -2.54.